The van der Waals surface area contributed by atoms with Crippen LogP contribution in [0.15, 0.2) is 17.0 Å². The number of ketones is 1. The van der Waals surface area contributed by atoms with Gasteiger partial charge in [-0.2, -0.15) is 0 Å². The van der Waals surface area contributed by atoms with Crippen LogP contribution in [0.1, 0.15) is 17.3 Å². The monoisotopic (exact) mass is 165 g/mol. The topological polar surface area (TPSA) is 43.1 Å². The minimum absolute atomic E-state index is 0.00479. The quantitative estimate of drug-likeness (QED) is 0.533. The van der Waals surface area contributed by atoms with Gasteiger partial charge in [-0.3, -0.25) is 9.93 Å². The Bertz CT molecular complexity index is 255. The van der Waals surface area contributed by atoms with Crippen molar-refractivity contribution in [3.05, 3.63) is 29.8 Å². The summed E-state index contributed by atoms with van der Waals surface area (Å²) in [4.78, 5) is 11.5. The lowest BCUT2D eigenvalue weighted by Gasteiger charge is -1.90. The molecule has 1 aromatic rings. The van der Waals surface area contributed by atoms with E-state index in [1.807, 2.05) is 0 Å². The molecule has 2 N–H and O–H groups in total. The molecule has 0 heterocycles. The van der Waals surface area contributed by atoms with Gasteiger partial charge in [0.1, 0.15) is 0 Å². The van der Waals surface area contributed by atoms with Crippen molar-refractivity contribution in [2.45, 2.75) is 11.8 Å². The molecule has 0 unspecified atom stereocenters. The van der Waals surface area contributed by atoms with E-state index < -0.39 is 0 Å². The molecule has 56 valence electrons. The number of carbonyl (C=O) groups is 1. The van der Waals surface area contributed by atoms with Crippen molar-refractivity contribution >= 4 is 17.7 Å². The Morgan fingerprint density at radius 1 is 1.55 bits per heavy atom. The second kappa shape index (κ2) is 3.42. The van der Waals surface area contributed by atoms with Crippen molar-refractivity contribution in [3.8, 4) is 0 Å². The number of Topliss-reactive ketones (excluding diaryl/α,β-unsaturated/α-hetero) is 1. The highest BCUT2D eigenvalue weighted by atomic mass is 32.2. The first-order valence-corrected chi connectivity index (χ1v) is 3.93. The van der Waals surface area contributed by atoms with Crippen molar-refractivity contribution in [2.75, 3.05) is 0 Å². The first-order chi connectivity index (χ1) is 5.24. The predicted octanol–water partition coefficient (Wildman–Crippen LogP) is 1.46. The van der Waals surface area contributed by atoms with Crippen LogP contribution in [0.4, 0.5) is 0 Å². The zero-order valence-electron chi connectivity index (χ0n) is 6.05. The van der Waals surface area contributed by atoms with Gasteiger partial charge in [0, 0.05) is 0 Å². The van der Waals surface area contributed by atoms with Crippen LogP contribution < -0.4 is 5.14 Å². The Balaban J connectivity index is 2.91. The van der Waals surface area contributed by atoms with Gasteiger partial charge in [-0.25, -0.2) is 0 Å². The third kappa shape index (κ3) is 1.97. The lowest BCUT2D eigenvalue weighted by atomic mass is 10.2. The maximum Gasteiger partial charge on any atom is 0.168 e. The predicted molar refractivity (Wildman–Crippen MR) is 44.2 cm³/mol. The summed E-state index contributed by atoms with van der Waals surface area (Å²) in [7, 11) is 0. The van der Waals surface area contributed by atoms with E-state index in [0.717, 1.165) is 16.8 Å². The highest BCUT2D eigenvalue weighted by Gasteiger charge is 1.95. The largest absolute Gasteiger partial charge is 0.294 e. The van der Waals surface area contributed by atoms with Gasteiger partial charge >= 0.3 is 0 Å². The van der Waals surface area contributed by atoms with Gasteiger partial charge in [-0.1, -0.05) is 12.1 Å². The lowest BCUT2D eigenvalue weighted by molar-refractivity contribution is 0.101. The number of carbonyl (C=O) groups excluding carboxylic acids is 1. The lowest BCUT2D eigenvalue weighted by Crippen LogP contribution is -1.89. The summed E-state index contributed by atoms with van der Waals surface area (Å²) in [6.45, 7) is 1.49. The second-order valence-corrected chi connectivity index (χ2v) is 2.71. The SMILES string of the molecule is CC(=O)c1c#cc(SN)cc1. The number of hydrogen-bond acceptors (Lipinski definition) is 3. The molecule has 0 aliphatic heterocycles. The molecule has 0 aliphatic rings. The minimum atomic E-state index is -0.00479. The minimum Gasteiger partial charge on any atom is -0.294 e. The van der Waals surface area contributed by atoms with Gasteiger partial charge in [0.15, 0.2) is 5.78 Å². The van der Waals surface area contributed by atoms with Gasteiger partial charge in [0.25, 0.3) is 0 Å². The summed E-state index contributed by atoms with van der Waals surface area (Å²) in [6.07, 6.45) is 0. The normalized spacial score (nSPS) is 8.91. The van der Waals surface area contributed by atoms with Crippen molar-refractivity contribution in [1.82, 2.24) is 0 Å². The molecule has 1 rings (SSSR count). The van der Waals surface area contributed by atoms with Crippen LogP contribution in [0.2, 0.25) is 0 Å². The molecule has 0 atom stereocenters. The molecule has 0 amide bonds. The summed E-state index contributed by atoms with van der Waals surface area (Å²) < 4.78 is 0. The maximum absolute atomic E-state index is 10.8. The Hall–Kier alpha value is -0.980. The van der Waals surface area contributed by atoms with Gasteiger partial charge in [-0.05, 0) is 31.0 Å². The average Bonchev–Trinajstić information content (AvgIpc) is 2.05. The zero-order chi connectivity index (χ0) is 8.27. The Labute approximate surface area is 69.9 Å². The smallest absolute Gasteiger partial charge is 0.168 e. The highest BCUT2D eigenvalue weighted by Crippen LogP contribution is 2.07. The van der Waals surface area contributed by atoms with E-state index in [2.05, 4.69) is 12.1 Å². The van der Waals surface area contributed by atoms with Crippen molar-refractivity contribution in [1.29, 1.82) is 0 Å². The molecular formula is C8H7NOS. The molecule has 0 saturated carbocycles. The van der Waals surface area contributed by atoms with Crippen molar-refractivity contribution < 1.29 is 4.79 Å². The van der Waals surface area contributed by atoms with Crippen LogP contribution in [0, 0.1) is 12.1 Å². The molecule has 11 heavy (non-hydrogen) atoms. The molecule has 0 bridgehead atoms. The average molecular weight is 165 g/mol. The number of nitrogens with two attached hydrogens (primary N) is 1. The van der Waals surface area contributed by atoms with Crippen LogP contribution in [0.3, 0.4) is 0 Å². The highest BCUT2D eigenvalue weighted by molar-refractivity contribution is 7.97. The van der Waals surface area contributed by atoms with Gasteiger partial charge < -0.3 is 0 Å². The van der Waals surface area contributed by atoms with Crippen LogP contribution in [-0.4, -0.2) is 5.78 Å². The Morgan fingerprint density at radius 3 is 2.64 bits per heavy atom. The van der Waals surface area contributed by atoms with Crippen LogP contribution in [0.25, 0.3) is 0 Å². The van der Waals surface area contributed by atoms with E-state index in [1.165, 1.54) is 6.92 Å². The van der Waals surface area contributed by atoms with E-state index in [0.29, 0.717) is 5.56 Å². The molecule has 0 fully saturated rings. The number of rotatable bonds is 2. The van der Waals surface area contributed by atoms with Gasteiger partial charge in [0.2, 0.25) is 0 Å². The fraction of sp³-hybridized carbons (Fsp3) is 0.125. The first-order valence-electron chi connectivity index (χ1n) is 3.05. The van der Waals surface area contributed by atoms with E-state index in [-0.39, 0.29) is 5.78 Å². The maximum atomic E-state index is 10.8. The summed E-state index contributed by atoms with van der Waals surface area (Å²) in [5.74, 6) is -0.00479. The Morgan fingerprint density at radius 2 is 2.27 bits per heavy atom. The standard InChI is InChI=1S/C8H7NOS/c1-6(10)7-2-4-8(11-9)5-3-7/h2,4H,9H2,1H3. The van der Waals surface area contributed by atoms with Gasteiger partial charge in [0.05, 0.1) is 10.5 Å². The van der Waals surface area contributed by atoms with Crippen molar-refractivity contribution in [3.63, 3.8) is 0 Å². The molecule has 0 aromatic heterocycles. The summed E-state index contributed by atoms with van der Waals surface area (Å²) in [6, 6.07) is 8.91. The van der Waals surface area contributed by atoms with Crippen LogP contribution in [-0.2, 0) is 0 Å². The fourth-order valence-corrected chi connectivity index (χ4v) is 0.902. The molecule has 0 saturated heterocycles. The molecule has 1 aromatic carbocycles. The van der Waals surface area contributed by atoms with E-state index >= 15 is 0 Å². The summed E-state index contributed by atoms with van der Waals surface area (Å²) >= 11 is 1.09. The van der Waals surface area contributed by atoms with Gasteiger partial charge in [-0.15, -0.1) is 0 Å². The third-order valence-corrected chi connectivity index (χ3v) is 1.72. The molecule has 3 heteroatoms. The fourth-order valence-electron chi connectivity index (χ4n) is 0.645. The van der Waals surface area contributed by atoms with E-state index in [1.54, 1.807) is 12.1 Å². The van der Waals surface area contributed by atoms with Crippen molar-refractivity contribution in [2.24, 2.45) is 5.14 Å². The Kier molecular flexibility index (Phi) is 2.53. The molecule has 0 radical (unpaired) electrons. The number of hydrogen-bond donors (Lipinski definition) is 1. The summed E-state index contributed by atoms with van der Waals surface area (Å²) in [5.41, 5.74) is 0.544. The van der Waals surface area contributed by atoms with E-state index in [4.69, 9.17) is 5.14 Å². The van der Waals surface area contributed by atoms with E-state index in [9.17, 15) is 4.79 Å². The second-order valence-electron chi connectivity index (χ2n) is 2.04. The van der Waals surface area contributed by atoms with Crippen LogP contribution in [0.5, 0.6) is 0 Å². The summed E-state index contributed by atoms with van der Waals surface area (Å²) in [5, 5.41) is 5.26. The molecule has 0 aliphatic carbocycles. The van der Waals surface area contributed by atoms with Crippen LogP contribution >= 0.6 is 11.9 Å². The zero-order valence-corrected chi connectivity index (χ0v) is 6.87. The molecular weight excluding hydrogens is 158 g/mol. The molecule has 0 spiro atoms. The molecule has 2 nitrogen and oxygen atoms in total. The first kappa shape index (κ1) is 8.12. The third-order valence-electron chi connectivity index (χ3n) is 1.23.